The Morgan fingerprint density at radius 3 is 2.70 bits per heavy atom. The fraction of sp³-hybridized carbons (Fsp3) is 0.200. The summed E-state index contributed by atoms with van der Waals surface area (Å²) in [5, 5.41) is 0.905. The average Bonchev–Trinajstić information content (AvgIpc) is 2.55. The highest BCUT2D eigenvalue weighted by molar-refractivity contribution is 7.80. The molecule has 0 aliphatic rings. The first-order valence-electron chi connectivity index (χ1n) is 7.80. The number of rotatable bonds is 5. The van der Waals surface area contributed by atoms with Crippen molar-refractivity contribution in [3.63, 3.8) is 0 Å². The van der Waals surface area contributed by atoms with E-state index in [-0.39, 0.29) is 5.78 Å². The minimum absolute atomic E-state index is 0.173. The molecule has 0 N–H and O–H groups in total. The molecular weight excluding hydrogens is 302 g/mol. The number of nitrogens with zero attached hydrogens (tertiary/aromatic N) is 1. The second-order valence-electron chi connectivity index (χ2n) is 5.80. The molecule has 3 rings (SSSR count). The topological polar surface area (TPSA) is 30.0 Å². The number of benzene rings is 2. The second-order valence-corrected chi connectivity index (χ2v) is 6.28. The van der Waals surface area contributed by atoms with Gasteiger partial charge in [-0.05, 0) is 49.1 Å². The largest absolute Gasteiger partial charge is 0.294 e. The van der Waals surface area contributed by atoms with Crippen molar-refractivity contribution in [3.8, 4) is 0 Å². The summed E-state index contributed by atoms with van der Waals surface area (Å²) in [7, 11) is 0. The van der Waals surface area contributed by atoms with Gasteiger partial charge in [-0.25, -0.2) is 0 Å². The highest BCUT2D eigenvalue weighted by atomic mass is 32.1. The van der Waals surface area contributed by atoms with E-state index in [0.717, 1.165) is 39.8 Å². The lowest BCUT2D eigenvalue weighted by Crippen LogP contribution is -2.02. The van der Waals surface area contributed by atoms with E-state index < -0.39 is 0 Å². The lowest BCUT2D eigenvalue weighted by Gasteiger charge is -2.08. The number of Topliss-reactive ketones (excluding diaryl/α,β-unsaturated/α-hetero) is 1. The molecule has 1 aromatic heterocycles. The quantitative estimate of drug-likeness (QED) is 0.527. The molecule has 0 radical (unpaired) electrons. The molecule has 23 heavy (non-hydrogen) atoms. The molecule has 1 heterocycles. The Kier molecular flexibility index (Phi) is 4.77. The average molecular weight is 321 g/mol. The minimum Gasteiger partial charge on any atom is -0.294 e. The first-order valence-corrected chi connectivity index (χ1v) is 8.25. The van der Waals surface area contributed by atoms with Gasteiger partial charge in [0.2, 0.25) is 0 Å². The van der Waals surface area contributed by atoms with Crippen LogP contribution in [-0.2, 0) is 6.42 Å². The summed E-state index contributed by atoms with van der Waals surface area (Å²) < 4.78 is 0. The van der Waals surface area contributed by atoms with Gasteiger partial charge in [-0.2, -0.15) is 0 Å². The standard InChI is InChI=1S/C20H19NOS/c1-14-12-17-16(10-11-21-20(17)19(23)13-14)18(22)9-5-8-15-6-3-2-4-7-15/h2-4,6-7,10-13,23H,5,8-9H2,1H3. The molecule has 0 atom stereocenters. The highest BCUT2D eigenvalue weighted by Crippen LogP contribution is 2.26. The summed E-state index contributed by atoms with van der Waals surface area (Å²) in [5.74, 6) is 0.173. The van der Waals surface area contributed by atoms with E-state index in [0.29, 0.717) is 6.42 Å². The van der Waals surface area contributed by atoms with Crippen LogP contribution in [-0.4, -0.2) is 10.8 Å². The zero-order valence-corrected chi connectivity index (χ0v) is 14.0. The Morgan fingerprint density at radius 2 is 1.91 bits per heavy atom. The third-order valence-electron chi connectivity index (χ3n) is 3.98. The lowest BCUT2D eigenvalue weighted by molar-refractivity contribution is 0.0981. The van der Waals surface area contributed by atoms with Crippen LogP contribution in [0.4, 0.5) is 0 Å². The Morgan fingerprint density at radius 1 is 1.13 bits per heavy atom. The highest BCUT2D eigenvalue weighted by Gasteiger charge is 2.12. The predicted octanol–water partition coefficient (Wildman–Crippen LogP) is 5.04. The van der Waals surface area contributed by atoms with Gasteiger partial charge in [0.15, 0.2) is 5.78 Å². The van der Waals surface area contributed by atoms with Crippen LogP contribution >= 0.6 is 12.6 Å². The monoisotopic (exact) mass is 321 g/mol. The van der Waals surface area contributed by atoms with Crippen molar-refractivity contribution < 1.29 is 4.79 Å². The van der Waals surface area contributed by atoms with Crippen LogP contribution in [0.15, 0.2) is 59.6 Å². The van der Waals surface area contributed by atoms with Crippen molar-refractivity contribution >= 4 is 29.3 Å². The zero-order valence-electron chi connectivity index (χ0n) is 13.1. The van der Waals surface area contributed by atoms with Gasteiger partial charge in [0.25, 0.3) is 0 Å². The van der Waals surface area contributed by atoms with Gasteiger partial charge >= 0.3 is 0 Å². The molecule has 3 heteroatoms. The molecule has 2 nitrogen and oxygen atoms in total. The molecule has 0 fully saturated rings. The van der Waals surface area contributed by atoms with Crippen molar-refractivity contribution in [1.29, 1.82) is 0 Å². The van der Waals surface area contributed by atoms with Gasteiger partial charge < -0.3 is 0 Å². The summed E-state index contributed by atoms with van der Waals surface area (Å²) >= 11 is 4.48. The number of carbonyl (C=O) groups excluding carboxylic acids is 1. The fourth-order valence-electron chi connectivity index (χ4n) is 2.85. The van der Waals surface area contributed by atoms with Crippen LogP contribution in [0.25, 0.3) is 10.9 Å². The SMILES string of the molecule is Cc1cc(S)c2nccc(C(=O)CCCc3ccccc3)c2c1. The molecule has 2 aromatic carbocycles. The molecule has 0 amide bonds. The van der Waals surface area contributed by atoms with E-state index in [4.69, 9.17) is 0 Å². The lowest BCUT2D eigenvalue weighted by atomic mass is 9.99. The van der Waals surface area contributed by atoms with Crippen LogP contribution in [0.5, 0.6) is 0 Å². The number of hydrogen-bond donors (Lipinski definition) is 1. The van der Waals surface area contributed by atoms with Crippen LogP contribution in [0.1, 0.15) is 34.3 Å². The van der Waals surface area contributed by atoms with Gasteiger partial charge in [0.1, 0.15) is 0 Å². The number of aryl methyl sites for hydroxylation is 2. The summed E-state index contributed by atoms with van der Waals surface area (Å²) in [6.07, 6.45) is 4.02. The van der Waals surface area contributed by atoms with Crippen LogP contribution in [0.3, 0.4) is 0 Å². The Balaban J connectivity index is 1.78. The van der Waals surface area contributed by atoms with E-state index in [1.807, 2.05) is 43.3 Å². The maximum absolute atomic E-state index is 12.6. The molecular formula is C20H19NOS. The van der Waals surface area contributed by atoms with Crippen LogP contribution < -0.4 is 0 Å². The van der Waals surface area contributed by atoms with Gasteiger partial charge in [-0.3, -0.25) is 9.78 Å². The smallest absolute Gasteiger partial charge is 0.163 e. The normalized spacial score (nSPS) is 10.9. The van der Waals surface area contributed by atoms with Crippen LogP contribution in [0, 0.1) is 6.92 Å². The number of ketones is 1. The minimum atomic E-state index is 0.173. The molecule has 0 saturated heterocycles. The number of thiol groups is 1. The molecule has 116 valence electrons. The predicted molar refractivity (Wildman–Crippen MR) is 97.4 cm³/mol. The maximum atomic E-state index is 12.6. The van der Waals surface area contributed by atoms with Crippen molar-refractivity contribution in [1.82, 2.24) is 4.98 Å². The molecule has 0 spiro atoms. The summed E-state index contributed by atoms with van der Waals surface area (Å²) in [6, 6.07) is 16.1. The first-order chi connectivity index (χ1) is 11.1. The van der Waals surface area contributed by atoms with Gasteiger partial charge in [-0.15, -0.1) is 12.6 Å². The number of aromatic nitrogens is 1. The van der Waals surface area contributed by atoms with E-state index in [1.54, 1.807) is 6.20 Å². The molecule has 0 aliphatic heterocycles. The van der Waals surface area contributed by atoms with Crippen molar-refractivity contribution in [2.75, 3.05) is 0 Å². The maximum Gasteiger partial charge on any atom is 0.163 e. The first kappa shape index (κ1) is 15.8. The van der Waals surface area contributed by atoms with Crippen LogP contribution in [0.2, 0.25) is 0 Å². The van der Waals surface area contributed by atoms with Crippen molar-refractivity contribution in [2.45, 2.75) is 31.1 Å². The fourth-order valence-corrected chi connectivity index (χ4v) is 3.23. The molecule has 3 aromatic rings. The second kappa shape index (κ2) is 6.97. The van der Waals surface area contributed by atoms with Gasteiger partial charge in [-0.1, -0.05) is 30.3 Å². The number of pyridine rings is 1. The third kappa shape index (κ3) is 3.62. The van der Waals surface area contributed by atoms with E-state index in [9.17, 15) is 4.79 Å². The zero-order chi connectivity index (χ0) is 16.2. The Bertz CT molecular complexity index is 843. The van der Waals surface area contributed by atoms with E-state index in [1.165, 1.54) is 5.56 Å². The van der Waals surface area contributed by atoms with Crippen molar-refractivity contribution in [3.05, 3.63) is 71.4 Å². The van der Waals surface area contributed by atoms with Crippen molar-refractivity contribution in [2.24, 2.45) is 0 Å². The van der Waals surface area contributed by atoms with Gasteiger partial charge in [0, 0.05) is 28.5 Å². The Hall–Kier alpha value is -2.13. The number of hydrogen-bond acceptors (Lipinski definition) is 3. The van der Waals surface area contributed by atoms with E-state index >= 15 is 0 Å². The summed E-state index contributed by atoms with van der Waals surface area (Å²) in [6.45, 7) is 2.01. The molecule has 0 saturated carbocycles. The summed E-state index contributed by atoms with van der Waals surface area (Å²) in [4.78, 5) is 17.8. The molecule has 0 unspecified atom stereocenters. The number of carbonyl (C=O) groups is 1. The Labute approximate surface area is 142 Å². The summed E-state index contributed by atoms with van der Waals surface area (Å²) in [5.41, 5.74) is 3.91. The molecule has 0 aliphatic carbocycles. The molecule has 0 bridgehead atoms. The van der Waals surface area contributed by atoms with E-state index in [2.05, 4.69) is 29.7 Å². The third-order valence-corrected chi connectivity index (χ3v) is 4.32. The number of fused-ring (bicyclic) bond motifs is 1. The van der Waals surface area contributed by atoms with Gasteiger partial charge in [0.05, 0.1) is 5.52 Å².